The summed E-state index contributed by atoms with van der Waals surface area (Å²) in [6, 6.07) is 166. The Morgan fingerprint density at radius 3 is 0.847 bits per heavy atom. The highest BCUT2D eigenvalue weighted by molar-refractivity contribution is 7.85. The monoisotopic (exact) mass is 1600 g/mol. The van der Waals surface area contributed by atoms with Crippen molar-refractivity contribution in [1.29, 1.82) is 0 Å². The first-order valence-electron chi connectivity index (χ1n) is 42.1. The van der Waals surface area contributed by atoms with E-state index in [2.05, 4.69) is 403 Å². The van der Waals surface area contributed by atoms with Crippen LogP contribution >= 0.6 is 7.14 Å². The van der Waals surface area contributed by atoms with Crippen molar-refractivity contribution in [3.05, 3.63) is 473 Å². The Labute approximate surface area is 718 Å². The van der Waals surface area contributed by atoms with Crippen molar-refractivity contribution in [2.45, 2.75) is 0 Å². The van der Waals surface area contributed by atoms with Crippen molar-refractivity contribution in [1.82, 2.24) is 24.1 Å². The summed E-state index contributed by atoms with van der Waals surface area (Å²) in [5, 5.41) is 18.4. The molecule has 582 valence electrons. The summed E-state index contributed by atoms with van der Waals surface area (Å²) < 4.78 is 19.5. The minimum Gasteiger partial charge on any atom is -0.309 e. The molecule has 0 amide bonds. The SMILES string of the molecule is O=P(c1ccccc1)(c1ccccc1)c1ccc(-c2cc(-c3ccccc3)c3c(ccc4ccccc43)n2)cc1.c1ccc(-c2cc(-c3ccc(-c4ccc5c(c4)c4ccccc4n5-c4ccccc4)cc3)nc3ccc4ccccc4c23)cc1.c1ccc(-c2cc(-c3ccc(-n4c5ccccc5c5ccccc54)cc3)nc3ccc4ccccc4c23)cc1. The summed E-state index contributed by atoms with van der Waals surface area (Å²) in [5.41, 5.74) is 25.7. The van der Waals surface area contributed by atoms with Gasteiger partial charge in [-0.15, -0.1) is 0 Å². The highest BCUT2D eigenvalue weighted by Crippen LogP contribution is 2.46. The maximum Gasteiger partial charge on any atom is 0.171 e. The van der Waals surface area contributed by atoms with Gasteiger partial charge in [-0.1, -0.05) is 382 Å². The van der Waals surface area contributed by atoms with E-state index in [4.69, 9.17) is 15.0 Å². The van der Waals surface area contributed by atoms with Crippen LogP contribution < -0.4 is 15.9 Å². The van der Waals surface area contributed by atoms with Crippen LogP contribution in [0.3, 0.4) is 0 Å². The van der Waals surface area contributed by atoms with Crippen molar-refractivity contribution >= 4 is 132 Å². The van der Waals surface area contributed by atoms with Gasteiger partial charge in [0.15, 0.2) is 7.14 Å². The van der Waals surface area contributed by atoms with Crippen molar-refractivity contribution in [2.24, 2.45) is 0 Å². The summed E-state index contributed by atoms with van der Waals surface area (Å²) in [6.07, 6.45) is 0. The van der Waals surface area contributed by atoms with Crippen molar-refractivity contribution in [2.75, 3.05) is 0 Å². The zero-order valence-corrected chi connectivity index (χ0v) is 68.5. The number of hydrogen-bond donors (Lipinski definition) is 0. The molecule has 0 fully saturated rings. The lowest BCUT2D eigenvalue weighted by atomic mass is 9.94. The Hall–Kier alpha value is -16.0. The number of benzene rings is 19. The van der Waals surface area contributed by atoms with Crippen LogP contribution in [-0.4, -0.2) is 24.1 Å². The van der Waals surface area contributed by atoms with E-state index in [0.717, 1.165) is 88.4 Å². The van der Waals surface area contributed by atoms with Gasteiger partial charge in [0.2, 0.25) is 0 Å². The maximum absolute atomic E-state index is 14.8. The number of fused-ring (bicyclic) bond motifs is 15. The van der Waals surface area contributed by atoms with E-state index >= 15 is 0 Å². The second-order valence-electron chi connectivity index (χ2n) is 31.5. The minimum atomic E-state index is -3.03. The fourth-order valence-corrected chi connectivity index (χ4v) is 21.0. The molecule has 0 atom stereocenters. The van der Waals surface area contributed by atoms with Gasteiger partial charge >= 0.3 is 0 Å². The van der Waals surface area contributed by atoms with Gasteiger partial charge in [0, 0.05) is 81.7 Å². The molecule has 0 saturated heterocycles. The lowest BCUT2D eigenvalue weighted by Gasteiger charge is -2.20. The zero-order valence-electron chi connectivity index (χ0n) is 67.6. The molecular weight excluding hydrogens is 1520 g/mol. The molecule has 0 bridgehead atoms. The molecule has 5 heterocycles. The highest BCUT2D eigenvalue weighted by Gasteiger charge is 2.30. The third kappa shape index (κ3) is 13.5. The number of nitrogens with zero attached hydrogens (tertiary/aromatic N) is 5. The molecule has 0 unspecified atom stereocenters. The molecule has 24 aromatic rings. The van der Waals surface area contributed by atoms with Crippen LogP contribution in [-0.2, 0) is 4.57 Å². The fourth-order valence-electron chi connectivity index (χ4n) is 18.4. The van der Waals surface area contributed by atoms with E-state index in [0.29, 0.717) is 0 Å². The summed E-state index contributed by atoms with van der Waals surface area (Å²) in [5.74, 6) is 0. The third-order valence-electron chi connectivity index (χ3n) is 24.3. The van der Waals surface area contributed by atoms with Gasteiger partial charge in [0.25, 0.3) is 0 Å². The van der Waals surface area contributed by atoms with Gasteiger partial charge in [-0.25, -0.2) is 15.0 Å². The molecule has 0 aliphatic rings. The Bertz CT molecular complexity index is 8110. The summed E-state index contributed by atoms with van der Waals surface area (Å²) in [4.78, 5) is 15.5. The summed E-state index contributed by atoms with van der Waals surface area (Å²) in [7, 11) is -3.03. The van der Waals surface area contributed by atoms with Gasteiger partial charge in [0.1, 0.15) is 0 Å². The number of pyridine rings is 3. The van der Waals surface area contributed by atoms with E-state index in [9.17, 15) is 4.57 Å². The number of aromatic nitrogens is 5. The van der Waals surface area contributed by atoms with Gasteiger partial charge in [0.05, 0.1) is 55.7 Å². The largest absolute Gasteiger partial charge is 0.309 e. The molecule has 0 N–H and O–H groups in total. The molecule has 19 aromatic carbocycles. The van der Waals surface area contributed by atoms with Crippen LogP contribution in [0.2, 0.25) is 0 Å². The number of para-hydroxylation sites is 4. The first-order chi connectivity index (χ1) is 61.4. The van der Waals surface area contributed by atoms with Gasteiger partial charge in [-0.3, -0.25) is 0 Å². The van der Waals surface area contributed by atoms with Gasteiger partial charge < -0.3 is 13.7 Å². The quantitative estimate of drug-likeness (QED) is 0.0903. The van der Waals surface area contributed by atoms with Crippen LogP contribution in [0, 0.1) is 0 Å². The van der Waals surface area contributed by atoms with Crippen LogP contribution in [0.5, 0.6) is 0 Å². The molecule has 0 aliphatic heterocycles. The highest BCUT2D eigenvalue weighted by atomic mass is 31.2. The lowest BCUT2D eigenvalue weighted by molar-refractivity contribution is 0.592. The molecule has 0 aliphatic carbocycles. The third-order valence-corrected chi connectivity index (χ3v) is 27.4. The van der Waals surface area contributed by atoms with E-state index in [-0.39, 0.29) is 0 Å². The lowest BCUT2D eigenvalue weighted by Crippen LogP contribution is -2.24. The van der Waals surface area contributed by atoms with Crippen molar-refractivity contribution < 1.29 is 4.57 Å². The smallest absolute Gasteiger partial charge is 0.171 e. The minimum absolute atomic E-state index is 0.809. The standard InChI is InChI=1S/C43H28N2.C37H24N2.C37H26NOP/c1-3-11-30(12-4-1)37-28-40(44-39-25-23-31-13-7-8-16-35(31)43(37)39)32-21-19-29(20-22-32)33-24-26-42-38(27-33)36-17-9-10-18-41(36)45(42)34-14-5-2-6-15-34;1-2-10-25(11-3-1)32-24-34(38-33-23-20-26-12-4-5-13-29(26)37(32)33)27-18-21-28(22-19-27)39-35-16-8-6-14-30(35)31-15-7-9-17-36(31)39;39-40(30-15-6-2-7-16-30,31-17-8-3-9-18-31)32-23-20-29(21-24-32)36-26-34(27-12-4-1-5-13-27)37-33-19-11-10-14-28(33)22-25-35(37)38-36/h1-28H;1-24H;1-26H. The average Bonchev–Trinajstić information content (AvgIpc) is 1.41. The predicted octanol–water partition coefficient (Wildman–Crippen LogP) is 29.7. The number of hydrogen-bond acceptors (Lipinski definition) is 4. The van der Waals surface area contributed by atoms with Gasteiger partial charge in [-0.2, -0.15) is 0 Å². The normalized spacial score (nSPS) is 11.6. The van der Waals surface area contributed by atoms with Crippen LogP contribution in [0.25, 0.3) is 198 Å². The summed E-state index contributed by atoms with van der Waals surface area (Å²) >= 11 is 0. The van der Waals surface area contributed by atoms with E-state index < -0.39 is 7.14 Å². The summed E-state index contributed by atoms with van der Waals surface area (Å²) in [6.45, 7) is 0. The van der Waals surface area contributed by atoms with Gasteiger partial charge in [-0.05, 0) is 168 Å². The maximum atomic E-state index is 14.8. The first kappa shape index (κ1) is 74.3. The van der Waals surface area contributed by atoms with Crippen molar-refractivity contribution in [3.8, 4) is 89.7 Å². The molecule has 0 spiro atoms. The Balaban J connectivity index is 0.000000111. The molecule has 7 heteroatoms. The predicted molar refractivity (Wildman–Crippen MR) is 524 cm³/mol. The molecule has 0 radical (unpaired) electrons. The average molecular weight is 1600 g/mol. The Morgan fingerprint density at radius 1 is 0.185 bits per heavy atom. The Kier molecular flexibility index (Phi) is 19.2. The second kappa shape index (κ2) is 32.0. The second-order valence-corrected chi connectivity index (χ2v) is 34.3. The number of rotatable bonds is 12. The fraction of sp³-hybridized carbons (Fsp3) is 0. The van der Waals surface area contributed by atoms with Crippen molar-refractivity contribution in [3.63, 3.8) is 0 Å². The Morgan fingerprint density at radius 2 is 0.460 bits per heavy atom. The van der Waals surface area contributed by atoms with E-state index in [1.165, 1.54) is 126 Å². The van der Waals surface area contributed by atoms with Crippen LogP contribution in [0.15, 0.2) is 473 Å². The van der Waals surface area contributed by atoms with E-state index in [1.54, 1.807) is 0 Å². The molecular formula is C117H78N5OP. The van der Waals surface area contributed by atoms with E-state index in [1.807, 2.05) is 78.9 Å². The topological polar surface area (TPSA) is 65.6 Å². The van der Waals surface area contributed by atoms with Crippen LogP contribution in [0.4, 0.5) is 0 Å². The molecule has 6 nitrogen and oxygen atoms in total. The molecule has 0 saturated carbocycles. The molecule has 24 rings (SSSR count). The first-order valence-corrected chi connectivity index (χ1v) is 43.8. The molecule has 124 heavy (non-hydrogen) atoms. The zero-order chi connectivity index (χ0) is 82.4. The van der Waals surface area contributed by atoms with Crippen LogP contribution in [0.1, 0.15) is 0 Å². The molecule has 5 aromatic heterocycles.